The van der Waals surface area contributed by atoms with Gasteiger partial charge in [-0.3, -0.25) is 53.1 Å². The van der Waals surface area contributed by atoms with Crippen molar-refractivity contribution < 1.29 is 106 Å². The lowest BCUT2D eigenvalue weighted by atomic mass is 10.2. The molecule has 0 radical (unpaired) electrons. The molecule has 0 aliphatic carbocycles. The first-order valence-corrected chi connectivity index (χ1v) is 30.0. The van der Waals surface area contributed by atoms with Crippen LogP contribution in [-0.4, -0.2) is 318 Å². The van der Waals surface area contributed by atoms with Crippen molar-refractivity contribution in [3.8, 4) is 0 Å². The van der Waals surface area contributed by atoms with Crippen molar-refractivity contribution in [2.45, 2.75) is 172 Å². The van der Waals surface area contributed by atoms with Gasteiger partial charge in [0.1, 0.15) is 44.7 Å². The van der Waals surface area contributed by atoms with Gasteiger partial charge in [0.25, 0.3) is 0 Å². The molecule has 1 atom stereocenters. The maximum atomic E-state index is 10.5. The first-order chi connectivity index (χ1) is 41.5. The summed E-state index contributed by atoms with van der Waals surface area (Å²) in [6.45, 7) is 39.7. The van der Waals surface area contributed by atoms with Gasteiger partial charge in [0.2, 0.25) is 0 Å². The SMILES string of the molecule is C.C.C.C.C.C.C=C(C)OC.CC(=O)OC(C)(C)C.CC(=O)OCC(O)CN1CCOCC1.CC(=O)OCCCCN(C)C.CC(=O)OCCCN(C)C.CC(=O)OCCN(C)C.CC(=O)OCCN1CCOCC1.CC(=O)OCCO.CCCN(CCO)CCOC(C)=O. The van der Waals surface area contributed by atoms with Crippen molar-refractivity contribution in [1.29, 1.82) is 0 Å². The standard InChI is InChI=1S/C9H17NO4.C9H19NO3.C8H15NO3.C8H17NO2.C7H15NO2.C6H13NO2.C6H12O2.C4H8O3.C4H8O.6CH4/c1-8(11)14-7-9(12)6-10-2-4-13-5-3-10;1-3-4-10(5-7-11)6-8-13-9(2)12;1-8(10)12-7-4-9-2-5-11-6-3-9;1-8(10)11-7-5-4-6-9(2)3;1-7(9)10-6-4-5-8(2)3;1-6(8)9-5-4-7(2)3;1-5(7)8-6(2,3)4;1-4(6)7-3-2-5;1-4(2)5-3;;;;;;/h9,12H,2-7H2,1H3;11H,3-8H2,1-2H3;2-7H2,1H3;4-7H2,1-3H3;4-6H2,1-3H3;4-5H2,1-3H3;1-4H3;5H,2-3H2,1H3;1H2,2-3H3;6*1H4. The molecule has 28 nitrogen and oxygen atoms in total. The summed E-state index contributed by atoms with van der Waals surface area (Å²) in [5.41, 5.74) is -0.328. The van der Waals surface area contributed by atoms with Crippen LogP contribution < -0.4 is 0 Å². The number of rotatable bonds is 29. The number of aliphatic hydroxyl groups excluding tert-OH is 3. The summed E-state index contributed by atoms with van der Waals surface area (Å²) in [6, 6.07) is 0. The minimum absolute atomic E-state index is 0. The molecule has 0 saturated carbocycles. The number of unbranched alkanes of at least 4 members (excludes halogenated alkanes) is 1. The number of likely N-dealkylation sites (N-methyl/N-ethyl adjacent to an activating group) is 1. The molecule has 2 saturated heterocycles. The third kappa shape index (κ3) is 137. The highest BCUT2D eigenvalue weighted by atomic mass is 16.6. The number of morpholine rings is 2. The molecule has 0 bridgehead atoms. The molecular weight excluding hydrogens is 1240 g/mol. The average Bonchev–Trinajstić information content (AvgIpc) is 1.81. The Labute approximate surface area is 579 Å². The molecule has 2 aliphatic heterocycles. The molecule has 0 aromatic heterocycles. The smallest absolute Gasteiger partial charge is 0.303 e. The van der Waals surface area contributed by atoms with E-state index in [1.54, 1.807) is 14.0 Å². The number of nitrogens with zero attached hydrogens (tertiary/aromatic N) is 6. The molecule has 2 fully saturated rings. The molecule has 0 aromatic carbocycles. The van der Waals surface area contributed by atoms with Crippen molar-refractivity contribution in [1.82, 2.24) is 29.4 Å². The van der Waals surface area contributed by atoms with E-state index < -0.39 is 6.10 Å². The van der Waals surface area contributed by atoms with E-state index in [9.17, 15) is 43.5 Å². The zero-order valence-corrected chi connectivity index (χ0v) is 58.6. The van der Waals surface area contributed by atoms with Gasteiger partial charge in [-0.2, -0.15) is 0 Å². The zero-order valence-electron chi connectivity index (χ0n) is 58.6. The van der Waals surface area contributed by atoms with Crippen LogP contribution in [0, 0.1) is 0 Å². The quantitative estimate of drug-likeness (QED) is 0.0301. The normalized spacial score (nSPS) is 11.9. The highest BCUT2D eigenvalue weighted by molar-refractivity contribution is 5.68. The summed E-state index contributed by atoms with van der Waals surface area (Å²) in [5.74, 6) is -1.23. The van der Waals surface area contributed by atoms with E-state index in [4.69, 9.17) is 48.1 Å². The fourth-order valence-corrected chi connectivity index (χ4v) is 5.94. The minimum Gasteiger partial charge on any atom is -0.502 e. The molecule has 3 N–H and O–H groups in total. The number of carbonyl (C=O) groups excluding carboxylic acids is 8. The molecule has 0 spiro atoms. The minimum atomic E-state index is -0.600. The number of allylic oxidation sites excluding steroid dienone is 1. The number of esters is 8. The summed E-state index contributed by atoms with van der Waals surface area (Å²) in [4.78, 5) is 94.7. The lowest BCUT2D eigenvalue weighted by Crippen LogP contribution is -2.42. The van der Waals surface area contributed by atoms with Crippen LogP contribution in [0.3, 0.4) is 0 Å². The lowest BCUT2D eigenvalue weighted by Gasteiger charge is -2.28. The Morgan fingerprint density at radius 3 is 1.13 bits per heavy atom. The number of methoxy groups -OCH3 is 1. The van der Waals surface area contributed by atoms with Crippen molar-refractivity contribution in [2.24, 2.45) is 0 Å². The van der Waals surface area contributed by atoms with Gasteiger partial charge in [0.05, 0.1) is 65.7 Å². The third-order valence-electron chi connectivity index (χ3n) is 9.94. The highest BCUT2D eigenvalue weighted by Gasteiger charge is 2.16. The Hall–Kier alpha value is -5.14. The molecule has 2 heterocycles. The summed E-state index contributed by atoms with van der Waals surface area (Å²) in [6.07, 6.45) is 3.39. The van der Waals surface area contributed by atoms with Crippen molar-refractivity contribution in [2.75, 3.05) is 214 Å². The molecule has 2 rings (SSSR count). The van der Waals surface area contributed by atoms with Crippen LogP contribution in [0.4, 0.5) is 0 Å². The molecule has 578 valence electrons. The van der Waals surface area contributed by atoms with Gasteiger partial charge in [-0.15, -0.1) is 0 Å². The van der Waals surface area contributed by atoms with Crippen LogP contribution in [0.25, 0.3) is 0 Å². The zero-order chi connectivity index (χ0) is 70.0. The van der Waals surface area contributed by atoms with Crippen LogP contribution in [0.5, 0.6) is 0 Å². The van der Waals surface area contributed by atoms with E-state index in [1.807, 2.05) is 68.0 Å². The second-order valence-electron chi connectivity index (χ2n) is 21.2. The van der Waals surface area contributed by atoms with Gasteiger partial charge in [-0.1, -0.05) is 58.1 Å². The van der Waals surface area contributed by atoms with Crippen molar-refractivity contribution in [3.05, 3.63) is 12.3 Å². The van der Waals surface area contributed by atoms with Crippen LogP contribution >= 0.6 is 0 Å². The second-order valence-corrected chi connectivity index (χ2v) is 21.2. The third-order valence-corrected chi connectivity index (χ3v) is 9.94. The van der Waals surface area contributed by atoms with E-state index in [0.717, 1.165) is 104 Å². The molecule has 2 aliphatic rings. The van der Waals surface area contributed by atoms with Gasteiger partial charge in [0.15, 0.2) is 0 Å². The van der Waals surface area contributed by atoms with E-state index in [1.165, 1.54) is 55.4 Å². The molecule has 0 amide bonds. The summed E-state index contributed by atoms with van der Waals surface area (Å²) in [7, 11) is 13.5. The topological polar surface area (TPSA) is 318 Å². The van der Waals surface area contributed by atoms with E-state index in [0.29, 0.717) is 65.9 Å². The van der Waals surface area contributed by atoms with Crippen LogP contribution in [0.2, 0.25) is 0 Å². The summed E-state index contributed by atoms with van der Waals surface area (Å²) >= 11 is 0. The number of hydrogen-bond acceptors (Lipinski definition) is 28. The molecule has 95 heavy (non-hydrogen) atoms. The number of ether oxygens (including phenoxy) is 11. The second kappa shape index (κ2) is 86.9. The molecule has 0 aromatic rings. The van der Waals surface area contributed by atoms with Gasteiger partial charge >= 0.3 is 47.8 Å². The van der Waals surface area contributed by atoms with Crippen molar-refractivity contribution in [3.63, 3.8) is 0 Å². The number of carbonyl (C=O) groups is 8. The first kappa shape index (κ1) is 120. The Kier molecular flexibility index (Phi) is 110. The lowest BCUT2D eigenvalue weighted by molar-refractivity contribution is -0.152. The number of β-amino-alcohol motifs (C(OH)–C–C–N with tert-alkyl or cyclic N) is 1. The molecule has 28 heteroatoms. The fourth-order valence-electron chi connectivity index (χ4n) is 5.94. The van der Waals surface area contributed by atoms with Crippen molar-refractivity contribution >= 4 is 47.8 Å². The van der Waals surface area contributed by atoms with E-state index in [-0.39, 0.29) is 124 Å². The number of hydrogen-bond donors (Lipinski definition) is 3. The Morgan fingerprint density at radius 2 is 0.811 bits per heavy atom. The van der Waals surface area contributed by atoms with Gasteiger partial charge < -0.3 is 82.1 Å². The maximum absolute atomic E-state index is 10.5. The monoisotopic (exact) mass is 1390 g/mol. The van der Waals surface area contributed by atoms with Gasteiger partial charge in [-0.25, -0.2) is 0 Å². The van der Waals surface area contributed by atoms with E-state index in [2.05, 4.69) is 52.2 Å². The van der Waals surface area contributed by atoms with Gasteiger partial charge in [-0.05, 0) is 109 Å². The Bertz CT molecular complexity index is 1710. The van der Waals surface area contributed by atoms with Crippen LogP contribution in [0.1, 0.15) is 160 Å². The Morgan fingerprint density at radius 1 is 0.463 bits per heavy atom. The van der Waals surface area contributed by atoms with Crippen LogP contribution in [0.15, 0.2) is 12.3 Å². The summed E-state index contributed by atoms with van der Waals surface area (Å²) < 4.78 is 52.5. The van der Waals surface area contributed by atoms with Gasteiger partial charge in [0, 0.05) is 121 Å². The highest BCUT2D eigenvalue weighted by Crippen LogP contribution is 2.06. The predicted octanol–water partition coefficient (Wildman–Crippen LogP) is 6.75. The fraction of sp³-hybridized carbons (Fsp3) is 0.851. The first-order valence-electron chi connectivity index (χ1n) is 30.0. The van der Waals surface area contributed by atoms with Crippen LogP contribution in [-0.2, 0) is 90.5 Å². The average molecular weight is 1390 g/mol. The molecular formula is C67H148N6O22. The van der Waals surface area contributed by atoms with E-state index >= 15 is 0 Å². The summed E-state index contributed by atoms with van der Waals surface area (Å²) in [5, 5.41) is 26.3. The largest absolute Gasteiger partial charge is 0.502 e. The predicted molar refractivity (Wildman–Crippen MR) is 381 cm³/mol. The maximum Gasteiger partial charge on any atom is 0.303 e. The Balaban J connectivity index is -0.0000000727. The number of aliphatic hydroxyl groups is 3. The molecule has 1 unspecified atom stereocenters.